The number of benzene rings is 1. The van der Waals surface area contributed by atoms with Crippen molar-refractivity contribution in [3.8, 4) is 0 Å². The summed E-state index contributed by atoms with van der Waals surface area (Å²) in [6.07, 6.45) is 0.750. The van der Waals surface area contributed by atoms with Crippen LogP contribution in [0.1, 0.15) is 30.5 Å². The first-order valence-corrected chi connectivity index (χ1v) is 6.67. The van der Waals surface area contributed by atoms with E-state index < -0.39 is 0 Å². The van der Waals surface area contributed by atoms with E-state index in [9.17, 15) is 4.79 Å². The summed E-state index contributed by atoms with van der Waals surface area (Å²) in [5.74, 6) is 0.789. The van der Waals surface area contributed by atoms with Gasteiger partial charge < -0.3 is 9.64 Å². The van der Waals surface area contributed by atoms with Gasteiger partial charge in [-0.15, -0.1) is 0 Å². The van der Waals surface area contributed by atoms with Crippen LogP contribution in [-0.4, -0.2) is 43.4 Å². The van der Waals surface area contributed by atoms with Gasteiger partial charge in [0.25, 0.3) is 0 Å². The van der Waals surface area contributed by atoms with Crippen LogP contribution in [0.2, 0.25) is 0 Å². The van der Waals surface area contributed by atoms with E-state index in [0.717, 1.165) is 17.9 Å². The van der Waals surface area contributed by atoms with Crippen LogP contribution in [0.3, 0.4) is 0 Å². The Kier molecular flexibility index (Phi) is 5.31. The van der Waals surface area contributed by atoms with E-state index in [1.165, 1.54) is 16.0 Å². The van der Waals surface area contributed by atoms with E-state index in [2.05, 4.69) is 50.9 Å². The van der Waals surface area contributed by atoms with Gasteiger partial charge in [0.1, 0.15) is 6.61 Å². The van der Waals surface area contributed by atoms with E-state index in [1.54, 1.807) is 14.1 Å². The SMILES string of the molecule is CN(C)C=O.Cc1ccc(C2=NC(C)(C)CO2)c(C)c1. The third kappa shape index (κ3) is 4.68. The second kappa shape index (κ2) is 6.55. The molecule has 0 bridgehead atoms. The molecular formula is C16H24N2O2. The third-order valence-corrected chi connectivity index (χ3v) is 2.79. The van der Waals surface area contributed by atoms with Gasteiger partial charge >= 0.3 is 0 Å². The second-order valence-corrected chi connectivity index (χ2v) is 5.91. The number of aryl methyl sites for hydroxylation is 2. The van der Waals surface area contributed by atoms with Crippen LogP contribution in [0.5, 0.6) is 0 Å². The predicted molar refractivity (Wildman–Crippen MR) is 82.2 cm³/mol. The van der Waals surface area contributed by atoms with Gasteiger partial charge in [0.05, 0.1) is 5.54 Å². The molecule has 1 aliphatic rings. The summed E-state index contributed by atoms with van der Waals surface area (Å²) in [4.78, 5) is 15.5. The van der Waals surface area contributed by atoms with E-state index in [4.69, 9.17) is 4.74 Å². The largest absolute Gasteiger partial charge is 0.475 e. The molecule has 20 heavy (non-hydrogen) atoms. The molecule has 0 saturated heterocycles. The zero-order valence-corrected chi connectivity index (χ0v) is 13.2. The van der Waals surface area contributed by atoms with Crippen molar-refractivity contribution < 1.29 is 9.53 Å². The molecule has 0 N–H and O–H groups in total. The van der Waals surface area contributed by atoms with Gasteiger partial charge in [-0.25, -0.2) is 4.99 Å². The van der Waals surface area contributed by atoms with Gasteiger partial charge in [-0.2, -0.15) is 0 Å². The summed E-state index contributed by atoms with van der Waals surface area (Å²) in [6, 6.07) is 6.34. The van der Waals surface area contributed by atoms with Crippen LogP contribution in [-0.2, 0) is 9.53 Å². The molecule has 2 rings (SSSR count). The van der Waals surface area contributed by atoms with Crippen LogP contribution >= 0.6 is 0 Å². The van der Waals surface area contributed by atoms with Crippen LogP contribution < -0.4 is 0 Å². The Morgan fingerprint density at radius 3 is 2.30 bits per heavy atom. The van der Waals surface area contributed by atoms with Gasteiger partial charge in [-0.1, -0.05) is 17.7 Å². The molecule has 0 unspecified atom stereocenters. The lowest BCUT2D eigenvalue weighted by molar-refractivity contribution is -0.115. The fourth-order valence-electron chi connectivity index (χ4n) is 1.78. The molecule has 0 fully saturated rings. The molecule has 0 atom stereocenters. The van der Waals surface area contributed by atoms with Gasteiger partial charge in [-0.3, -0.25) is 4.79 Å². The fraction of sp³-hybridized carbons (Fsp3) is 0.500. The average Bonchev–Trinajstić information content (AvgIpc) is 2.70. The van der Waals surface area contributed by atoms with E-state index >= 15 is 0 Å². The molecule has 110 valence electrons. The lowest BCUT2D eigenvalue weighted by atomic mass is 10.1. The number of hydrogen-bond acceptors (Lipinski definition) is 3. The summed E-state index contributed by atoms with van der Waals surface area (Å²) in [5, 5.41) is 0. The molecule has 0 aliphatic carbocycles. The van der Waals surface area contributed by atoms with E-state index in [-0.39, 0.29) is 5.54 Å². The molecule has 4 heteroatoms. The number of ether oxygens (including phenoxy) is 1. The minimum atomic E-state index is -0.0767. The van der Waals surface area contributed by atoms with Crippen LogP contribution in [0.15, 0.2) is 23.2 Å². The Labute approximate surface area is 121 Å². The number of nitrogens with zero attached hydrogens (tertiary/aromatic N) is 2. The maximum Gasteiger partial charge on any atom is 0.217 e. The van der Waals surface area contributed by atoms with E-state index in [1.807, 2.05) is 0 Å². The molecule has 0 radical (unpaired) electrons. The maximum atomic E-state index is 9.43. The molecule has 4 nitrogen and oxygen atoms in total. The molecule has 1 amide bonds. The van der Waals surface area contributed by atoms with Crippen LogP contribution in [0.25, 0.3) is 0 Å². The van der Waals surface area contributed by atoms with Crippen LogP contribution in [0, 0.1) is 13.8 Å². The number of aliphatic imine (C=N–C) groups is 1. The van der Waals surface area contributed by atoms with Gasteiger partial charge in [0.15, 0.2) is 0 Å². The molecule has 0 aromatic heterocycles. The number of rotatable bonds is 2. The van der Waals surface area contributed by atoms with Crippen molar-refractivity contribution in [2.24, 2.45) is 4.99 Å². The highest BCUT2D eigenvalue weighted by Gasteiger charge is 2.27. The van der Waals surface area contributed by atoms with E-state index in [0.29, 0.717) is 6.61 Å². The first-order chi connectivity index (χ1) is 9.25. The zero-order chi connectivity index (χ0) is 15.3. The first-order valence-electron chi connectivity index (χ1n) is 6.67. The molecule has 1 aromatic carbocycles. The molecular weight excluding hydrogens is 252 g/mol. The summed E-state index contributed by atoms with van der Waals surface area (Å²) in [6.45, 7) is 9.04. The van der Waals surface area contributed by atoms with Crippen molar-refractivity contribution in [2.75, 3.05) is 20.7 Å². The number of carbonyl (C=O) groups excluding carboxylic acids is 1. The van der Waals surface area contributed by atoms with Crippen molar-refractivity contribution in [3.05, 3.63) is 34.9 Å². The molecule has 0 saturated carbocycles. The normalized spacial score (nSPS) is 15.6. The van der Waals surface area contributed by atoms with Crippen molar-refractivity contribution >= 4 is 12.3 Å². The lowest BCUT2D eigenvalue weighted by Gasteiger charge is -2.07. The second-order valence-electron chi connectivity index (χ2n) is 5.91. The van der Waals surface area contributed by atoms with Gasteiger partial charge in [0, 0.05) is 19.7 Å². The van der Waals surface area contributed by atoms with Crippen molar-refractivity contribution in [2.45, 2.75) is 33.2 Å². The molecule has 1 heterocycles. The average molecular weight is 276 g/mol. The lowest BCUT2D eigenvalue weighted by Crippen LogP contribution is -2.17. The predicted octanol–water partition coefficient (Wildman–Crippen LogP) is 2.56. The number of amides is 1. The van der Waals surface area contributed by atoms with Crippen molar-refractivity contribution in [1.82, 2.24) is 4.90 Å². The monoisotopic (exact) mass is 276 g/mol. The van der Waals surface area contributed by atoms with Crippen molar-refractivity contribution in [1.29, 1.82) is 0 Å². The highest BCUT2D eigenvalue weighted by molar-refractivity contribution is 5.96. The van der Waals surface area contributed by atoms with Gasteiger partial charge in [-0.05, 0) is 39.3 Å². The first kappa shape index (κ1) is 16.2. The standard InChI is InChI=1S/C13H17NO.C3H7NO/c1-9-5-6-11(10(2)7-9)12-14-13(3,4)8-15-12;1-4(2)3-5/h5-7H,8H2,1-4H3;3H,1-2H3. The number of carbonyl (C=O) groups is 1. The molecule has 1 aromatic rings. The quantitative estimate of drug-likeness (QED) is 0.779. The van der Waals surface area contributed by atoms with Crippen molar-refractivity contribution in [3.63, 3.8) is 0 Å². The minimum absolute atomic E-state index is 0.0767. The Bertz CT molecular complexity index is 505. The van der Waals surface area contributed by atoms with Crippen LogP contribution in [0.4, 0.5) is 0 Å². The molecule has 1 aliphatic heterocycles. The summed E-state index contributed by atoms with van der Waals surface area (Å²) >= 11 is 0. The number of hydrogen-bond donors (Lipinski definition) is 0. The Balaban J connectivity index is 0.000000347. The molecule has 0 spiro atoms. The maximum absolute atomic E-state index is 9.43. The Morgan fingerprint density at radius 1 is 1.30 bits per heavy atom. The third-order valence-electron chi connectivity index (χ3n) is 2.79. The Hall–Kier alpha value is -1.84. The van der Waals surface area contributed by atoms with Gasteiger partial charge in [0.2, 0.25) is 12.3 Å². The summed E-state index contributed by atoms with van der Waals surface area (Å²) < 4.78 is 5.62. The smallest absolute Gasteiger partial charge is 0.217 e. The summed E-state index contributed by atoms with van der Waals surface area (Å²) in [5.41, 5.74) is 3.54. The fourth-order valence-corrected chi connectivity index (χ4v) is 1.78. The Morgan fingerprint density at radius 2 is 1.90 bits per heavy atom. The highest BCUT2D eigenvalue weighted by Crippen LogP contribution is 2.22. The highest BCUT2D eigenvalue weighted by atomic mass is 16.5. The summed E-state index contributed by atoms with van der Waals surface area (Å²) in [7, 11) is 3.38. The minimum Gasteiger partial charge on any atom is -0.475 e. The zero-order valence-electron chi connectivity index (χ0n) is 13.2. The topological polar surface area (TPSA) is 41.9 Å².